The van der Waals surface area contributed by atoms with Gasteiger partial charge < -0.3 is 20.1 Å². The highest BCUT2D eigenvalue weighted by Gasteiger charge is 2.14. The Kier molecular flexibility index (Phi) is 6.49. The zero-order valence-electron chi connectivity index (χ0n) is 10.4. The first kappa shape index (κ1) is 15.3. The molecule has 1 rings (SSSR count). The highest BCUT2D eigenvalue weighted by atomic mass is 35.5. The van der Waals surface area contributed by atoms with Crippen LogP contribution in [0.4, 0.5) is 11.6 Å². The Morgan fingerprint density at radius 3 is 2.22 bits per heavy atom. The molecule has 0 spiro atoms. The van der Waals surface area contributed by atoms with E-state index in [1.165, 1.54) is 0 Å². The molecule has 0 unspecified atom stereocenters. The predicted molar refractivity (Wildman–Crippen MR) is 74.6 cm³/mol. The first-order valence-electron chi connectivity index (χ1n) is 5.44. The molecule has 1 aromatic rings. The Morgan fingerprint density at radius 1 is 1.17 bits per heavy atom. The van der Waals surface area contributed by atoms with E-state index >= 15 is 0 Å². The molecule has 0 fully saturated rings. The van der Waals surface area contributed by atoms with Gasteiger partial charge in [0.1, 0.15) is 11.6 Å². The van der Waals surface area contributed by atoms with E-state index < -0.39 is 0 Å². The molecular weight excluding hydrogens is 277 g/mol. The van der Waals surface area contributed by atoms with Crippen molar-refractivity contribution in [3.63, 3.8) is 0 Å². The van der Waals surface area contributed by atoms with Gasteiger partial charge in [0.05, 0.1) is 23.3 Å². The summed E-state index contributed by atoms with van der Waals surface area (Å²) in [5.74, 6) is 0.851. The third-order valence-electron chi connectivity index (χ3n) is 2.37. The number of pyridine rings is 1. The number of hydrogen-bond donors (Lipinski definition) is 1. The molecule has 0 amide bonds. The van der Waals surface area contributed by atoms with Crippen molar-refractivity contribution < 1.29 is 9.47 Å². The van der Waals surface area contributed by atoms with Gasteiger partial charge in [0.25, 0.3) is 0 Å². The molecule has 102 valence electrons. The summed E-state index contributed by atoms with van der Waals surface area (Å²) in [4.78, 5) is 6.15. The van der Waals surface area contributed by atoms with Crippen molar-refractivity contribution in [2.45, 2.75) is 0 Å². The van der Waals surface area contributed by atoms with Crippen molar-refractivity contribution in [2.24, 2.45) is 0 Å². The lowest BCUT2D eigenvalue weighted by Gasteiger charge is -2.24. The minimum absolute atomic E-state index is 0.260. The van der Waals surface area contributed by atoms with Gasteiger partial charge in [-0.3, -0.25) is 0 Å². The molecule has 5 nitrogen and oxygen atoms in total. The van der Waals surface area contributed by atoms with E-state index in [9.17, 15) is 0 Å². The van der Waals surface area contributed by atoms with Crippen molar-refractivity contribution in [3.05, 3.63) is 16.1 Å². The summed E-state index contributed by atoms with van der Waals surface area (Å²) < 4.78 is 10.1. The molecule has 0 aliphatic carbocycles. The van der Waals surface area contributed by atoms with Gasteiger partial charge in [0, 0.05) is 27.3 Å². The summed E-state index contributed by atoms with van der Waals surface area (Å²) in [5, 5.41) is 0.809. The van der Waals surface area contributed by atoms with Gasteiger partial charge >= 0.3 is 0 Å². The van der Waals surface area contributed by atoms with Gasteiger partial charge in [-0.25, -0.2) is 4.98 Å². The van der Waals surface area contributed by atoms with Crippen LogP contribution >= 0.6 is 23.2 Å². The van der Waals surface area contributed by atoms with E-state index in [0.717, 1.165) is 0 Å². The van der Waals surface area contributed by atoms with Crippen LogP contribution in [0, 0.1) is 0 Å². The SMILES string of the molecule is COCCN(CCOC)c1nc(N)c(Cl)cc1Cl. The molecule has 0 aliphatic heterocycles. The second-order valence-electron chi connectivity index (χ2n) is 3.63. The molecule has 0 radical (unpaired) electrons. The van der Waals surface area contributed by atoms with E-state index in [4.69, 9.17) is 38.4 Å². The fraction of sp³-hybridized carbons (Fsp3) is 0.545. The molecule has 18 heavy (non-hydrogen) atoms. The normalized spacial score (nSPS) is 10.7. The number of rotatable bonds is 7. The molecule has 0 atom stereocenters. The van der Waals surface area contributed by atoms with Crippen LogP contribution in [0.1, 0.15) is 0 Å². The Hall–Kier alpha value is -0.750. The van der Waals surface area contributed by atoms with Gasteiger partial charge in [-0.15, -0.1) is 0 Å². The summed E-state index contributed by atoms with van der Waals surface area (Å²) in [5.41, 5.74) is 5.69. The fourth-order valence-electron chi connectivity index (χ4n) is 1.42. The number of aromatic nitrogens is 1. The lowest BCUT2D eigenvalue weighted by molar-refractivity contribution is 0.190. The number of methoxy groups -OCH3 is 2. The van der Waals surface area contributed by atoms with Crippen molar-refractivity contribution in [1.82, 2.24) is 4.98 Å². The highest BCUT2D eigenvalue weighted by Crippen LogP contribution is 2.29. The zero-order chi connectivity index (χ0) is 13.5. The first-order chi connectivity index (χ1) is 8.60. The number of anilines is 2. The van der Waals surface area contributed by atoms with Crippen LogP contribution < -0.4 is 10.6 Å². The number of nitrogens with two attached hydrogens (primary N) is 1. The second kappa shape index (κ2) is 7.63. The monoisotopic (exact) mass is 293 g/mol. The number of halogens is 2. The average molecular weight is 294 g/mol. The van der Waals surface area contributed by atoms with Crippen LogP contribution in [0.15, 0.2) is 6.07 Å². The molecule has 0 aromatic carbocycles. The summed E-state index contributed by atoms with van der Waals surface area (Å²) in [6.45, 7) is 2.41. The minimum atomic E-state index is 0.260. The lowest BCUT2D eigenvalue weighted by Crippen LogP contribution is -2.31. The summed E-state index contributed by atoms with van der Waals surface area (Å²) in [6, 6.07) is 1.59. The molecule has 1 heterocycles. The maximum absolute atomic E-state index is 6.13. The Balaban J connectivity index is 2.92. The van der Waals surface area contributed by atoms with Crippen LogP contribution in [0.25, 0.3) is 0 Å². The summed E-state index contributed by atoms with van der Waals surface area (Å²) in [6.07, 6.45) is 0. The minimum Gasteiger partial charge on any atom is -0.383 e. The van der Waals surface area contributed by atoms with Crippen LogP contribution in [-0.4, -0.2) is 45.5 Å². The number of ether oxygens (including phenoxy) is 2. The van der Waals surface area contributed by atoms with E-state index in [0.29, 0.717) is 42.2 Å². The first-order valence-corrected chi connectivity index (χ1v) is 6.20. The Labute approximate surface area is 117 Å². The van der Waals surface area contributed by atoms with Gasteiger partial charge in [-0.2, -0.15) is 0 Å². The lowest BCUT2D eigenvalue weighted by atomic mass is 10.4. The molecule has 7 heteroatoms. The van der Waals surface area contributed by atoms with E-state index in [1.54, 1.807) is 20.3 Å². The van der Waals surface area contributed by atoms with Crippen LogP contribution in [-0.2, 0) is 9.47 Å². The molecule has 1 aromatic heterocycles. The van der Waals surface area contributed by atoms with Crippen molar-refractivity contribution in [2.75, 3.05) is 51.2 Å². The van der Waals surface area contributed by atoms with Gasteiger partial charge in [-0.05, 0) is 6.07 Å². The number of nitrogen functional groups attached to an aromatic ring is 1. The van der Waals surface area contributed by atoms with Crippen LogP contribution in [0.2, 0.25) is 10.0 Å². The quantitative estimate of drug-likeness (QED) is 0.834. The smallest absolute Gasteiger partial charge is 0.150 e. The van der Waals surface area contributed by atoms with Crippen molar-refractivity contribution in [3.8, 4) is 0 Å². The molecule has 0 bridgehead atoms. The maximum atomic E-state index is 6.13. The van der Waals surface area contributed by atoms with E-state index in [1.807, 2.05) is 4.90 Å². The van der Waals surface area contributed by atoms with Gasteiger partial charge in [0.2, 0.25) is 0 Å². The predicted octanol–water partition coefficient (Wildman–Crippen LogP) is 2.07. The standard InChI is InChI=1S/C11H17Cl2N3O2/c1-17-5-3-16(4-6-18-2)11-9(13)7-8(12)10(14)15-11/h7H,3-6H2,1-2H3,(H2,14,15). The van der Waals surface area contributed by atoms with Gasteiger partial charge in [0.15, 0.2) is 0 Å². The molecule has 0 saturated heterocycles. The zero-order valence-corrected chi connectivity index (χ0v) is 12.0. The van der Waals surface area contributed by atoms with Gasteiger partial charge in [-0.1, -0.05) is 23.2 Å². The Morgan fingerprint density at radius 2 is 1.72 bits per heavy atom. The summed E-state index contributed by atoms with van der Waals surface area (Å²) in [7, 11) is 3.28. The highest BCUT2D eigenvalue weighted by molar-refractivity contribution is 6.37. The third-order valence-corrected chi connectivity index (χ3v) is 2.95. The van der Waals surface area contributed by atoms with Crippen LogP contribution in [0.5, 0.6) is 0 Å². The maximum Gasteiger partial charge on any atom is 0.150 e. The molecular formula is C11H17Cl2N3O2. The van der Waals surface area contributed by atoms with Crippen molar-refractivity contribution >= 4 is 34.8 Å². The largest absolute Gasteiger partial charge is 0.383 e. The third kappa shape index (κ3) is 4.17. The molecule has 0 saturated carbocycles. The fourth-order valence-corrected chi connectivity index (χ4v) is 1.90. The molecule has 2 N–H and O–H groups in total. The van der Waals surface area contributed by atoms with E-state index in [-0.39, 0.29) is 5.82 Å². The number of nitrogens with zero attached hydrogens (tertiary/aromatic N) is 2. The Bertz CT molecular complexity index is 383. The van der Waals surface area contributed by atoms with Crippen LogP contribution in [0.3, 0.4) is 0 Å². The second-order valence-corrected chi connectivity index (χ2v) is 4.45. The topological polar surface area (TPSA) is 60.6 Å². The van der Waals surface area contributed by atoms with E-state index in [2.05, 4.69) is 4.98 Å². The molecule has 0 aliphatic rings. The average Bonchev–Trinajstić information content (AvgIpc) is 2.35. The number of hydrogen-bond acceptors (Lipinski definition) is 5. The van der Waals surface area contributed by atoms with Crippen molar-refractivity contribution in [1.29, 1.82) is 0 Å². The summed E-state index contributed by atoms with van der Waals surface area (Å²) >= 11 is 12.0.